The first kappa shape index (κ1) is 19.9. The van der Waals surface area contributed by atoms with Crippen molar-refractivity contribution in [2.75, 3.05) is 11.1 Å². The number of nitrogens with zero attached hydrogens (tertiary/aromatic N) is 3. The summed E-state index contributed by atoms with van der Waals surface area (Å²) in [5.74, 6) is 0.921. The minimum Gasteiger partial charge on any atom is -0.325 e. The van der Waals surface area contributed by atoms with Gasteiger partial charge in [-0.1, -0.05) is 72.4 Å². The fourth-order valence-electron chi connectivity index (χ4n) is 3.17. The van der Waals surface area contributed by atoms with Crippen molar-refractivity contribution in [1.82, 2.24) is 14.8 Å². The minimum atomic E-state index is -0.0747. The van der Waals surface area contributed by atoms with Gasteiger partial charge >= 0.3 is 0 Å². The molecule has 0 aliphatic carbocycles. The first-order valence-corrected chi connectivity index (χ1v) is 10.7. The summed E-state index contributed by atoms with van der Waals surface area (Å²) in [4.78, 5) is 12.5. The third-order valence-electron chi connectivity index (χ3n) is 4.68. The summed E-state index contributed by atoms with van der Waals surface area (Å²) in [5.41, 5.74) is 4.95. The largest absolute Gasteiger partial charge is 0.325 e. The van der Waals surface area contributed by atoms with E-state index in [0.29, 0.717) is 5.16 Å². The lowest BCUT2D eigenvalue weighted by molar-refractivity contribution is -0.113. The average Bonchev–Trinajstić information content (AvgIpc) is 3.18. The second kappa shape index (κ2) is 8.97. The Morgan fingerprint density at radius 3 is 2.47 bits per heavy atom. The zero-order valence-corrected chi connectivity index (χ0v) is 17.7. The molecule has 4 rings (SSSR count). The topological polar surface area (TPSA) is 59.8 Å². The van der Waals surface area contributed by atoms with Gasteiger partial charge in [0.1, 0.15) is 0 Å². The summed E-state index contributed by atoms with van der Waals surface area (Å²) < 4.78 is 2.01. The standard InChI is InChI=1S/C24H22N4OS/c1-17-9-8-13-20(15-17)28-23(19-11-4-3-5-12-19)26-27-24(28)30-16-22(29)25-21-14-7-6-10-18(21)2/h3-15H,16H2,1-2H3,(H,25,29). The number of para-hydroxylation sites is 1. The summed E-state index contributed by atoms with van der Waals surface area (Å²) in [5, 5.41) is 12.5. The van der Waals surface area contributed by atoms with E-state index in [-0.39, 0.29) is 11.7 Å². The van der Waals surface area contributed by atoms with E-state index in [1.807, 2.05) is 78.2 Å². The van der Waals surface area contributed by atoms with Crippen molar-refractivity contribution in [2.24, 2.45) is 0 Å². The Balaban J connectivity index is 1.61. The van der Waals surface area contributed by atoms with Crippen LogP contribution in [0, 0.1) is 13.8 Å². The zero-order chi connectivity index (χ0) is 20.9. The maximum Gasteiger partial charge on any atom is 0.234 e. The molecular weight excluding hydrogens is 392 g/mol. The van der Waals surface area contributed by atoms with E-state index in [1.54, 1.807) is 0 Å². The van der Waals surface area contributed by atoms with Crippen LogP contribution in [0.5, 0.6) is 0 Å². The Labute approximate surface area is 180 Å². The summed E-state index contributed by atoms with van der Waals surface area (Å²) in [6.45, 7) is 4.03. The van der Waals surface area contributed by atoms with Gasteiger partial charge < -0.3 is 5.32 Å². The highest BCUT2D eigenvalue weighted by atomic mass is 32.2. The number of aryl methyl sites for hydroxylation is 2. The molecule has 0 unspecified atom stereocenters. The number of nitrogens with one attached hydrogen (secondary N) is 1. The predicted molar refractivity (Wildman–Crippen MR) is 122 cm³/mol. The van der Waals surface area contributed by atoms with Gasteiger partial charge in [0, 0.05) is 16.9 Å². The molecule has 0 aliphatic heterocycles. The summed E-state index contributed by atoms with van der Waals surface area (Å²) in [7, 11) is 0. The van der Waals surface area contributed by atoms with Crippen molar-refractivity contribution in [3.05, 3.63) is 90.0 Å². The zero-order valence-electron chi connectivity index (χ0n) is 16.9. The van der Waals surface area contributed by atoms with Gasteiger partial charge in [0.15, 0.2) is 11.0 Å². The number of amides is 1. The van der Waals surface area contributed by atoms with E-state index in [2.05, 4.69) is 34.6 Å². The summed E-state index contributed by atoms with van der Waals surface area (Å²) in [6.07, 6.45) is 0. The van der Waals surface area contributed by atoms with Crippen molar-refractivity contribution in [1.29, 1.82) is 0 Å². The van der Waals surface area contributed by atoms with Crippen molar-refractivity contribution in [3.63, 3.8) is 0 Å². The molecule has 0 radical (unpaired) electrons. The number of rotatable bonds is 6. The molecule has 4 aromatic rings. The predicted octanol–water partition coefficient (Wildman–Crippen LogP) is 5.28. The number of hydrogen-bond donors (Lipinski definition) is 1. The van der Waals surface area contributed by atoms with Crippen LogP contribution in [-0.4, -0.2) is 26.4 Å². The number of benzene rings is 3. The normalized spacial score (nSPS) is 10.7. The van der Waals surface area contributed by atoms with Gasteiger partial charge in [0.05, 0.1) is 5.75 Å². The van der Waals surface area contributed by atoms with E-state index in [9.17, 15) is 4.79 Å². The van der Waals surface area contributed by atoms with Crippen LogP contribution in [0.1, 0.15) is 11.1 Å². The third kappa shape index (κ3) is 4.44. The molecule has 6 heteroatoms. The maximum atomic E-state index is 12.5. The molecule has 0 saturated carbocycles. The fourth-order valence-corrected chi connectivity index (χ4v) is 3.92. The molecule has 0 atom stereocenters. The van der Waals surface area contributed by atoms with Gasteiger partial charge in [-0.3, -0.25) is 9.36 Å². The van der Waals surface area contributed by atoms with E-state index < -0.39 is 0 Å². The van der Waals surface area contributed by atoms with Crippen molar-refractivity contribution in [3.8, 4) is 17.1 Å². The smallest absolute Gasteiger partial charge is 0.234 e. The van der Waals surface area contributed by atoms with Gasteiger partial charge in [-0.15, -0.1) is 10.2 Å². The highest BCUT2D eigenvalue weighted by Crippen LogP contribution is 2.28. The molecule has 1 heterocycles. The molecule has 1 aromatic heterocycles. The SMILES string of the molecule is Cc1cccc(-n2c(SCC(=O)Nc3ccccc3C)nnc2-c2ccccc2)c1. The number of aromatic nitrogens is 3. The maximum absolute atomic E-state index is 12.5. The molecule has 0 saturated heterocycles. The van der Waals surface area contributed by atoms with Gasteiger partial charge in [-0.05, 0) is 43.2 Å². The number of hydrogen-bond acceptors (Lipinski definition) is 4. The van der Waals surface area contributed by atoms with E-state index >= 15 is 0 Å². The van der Waals surface area contributed by atoms with E-state index in [0.717, 1.165) is 33.9 Å². The fraction of sp³-hybridized carbons (Fsp3) is 0.125. The number of carbonyl (C=O) groups excluding carboxylic acids is 1. The quantitative estimate of drug-likeness (QED) is 0.436. The molecular formula is C24H22N4OS. The van der Waals surface area contributed by atoms with Crippen molar-refractivity contribution < 1.29 is 4.79 Å². The van der Waals surface area contributed by atoms with Crippen LogP contribution in [0.15, 0.2) is 84.0 Å². The Bertz CT molecular complexity index is 1170. The first-order valence-electron chi connectivity index (χ1n) is 9.68. The highest BCUT2D eigenvalue weighted by Gasteiger charge is 2.17. The highest BCUT2D eigenvalue weighted by molar-refractivity contribution is 7.99. The van der Waals surface area contributed by atoms with E-state index in [4.69, 9.17) is 0 Å². The lowest BCUT2D eigenvalue weighted by Crippen LogP contribution is -2.15. The van der Waals surface area contributed by atoms with Crippen LogP contribution in [0.25, 0.3) is 17.1 Å². The van der Waals surface area contributed by atoms with Gasteiger partial charge in [0.2, 0.25) is 5.91 Å². The number of thioether (sulfide) groups is 1. The van der Waals surface area contributed by atoms with Gasteiger partial charge in [-0.2, -0.15) is 0 Å². The van der Waals surface area contributed by atoms with E-state index in [1.165, 1.54) is 11.8 Å². The Morgan fingerprint density at radius 2 is 1.70 bits per heavy atom. The third-order valence-corrected chi connectivity index (χ3v) is 5.61. The molecule has 150 valence electrons. The molecule has 0 aliphatic rings. The second-order valence-electron chi connectivity index (χ2n) is 7.00. The monoisotopic (exact) mass is 414 g/mol. The van der Waals surface area contributed by atoms with Crippen molar-refractivity contribution >= 4 is 23.4 Å². The Kier molecular flexibility index (Phi) is 5.95. The van der Waals surface area contributed by atoms with Crippen LogP contribution in [-0.2, 0) is 4.79 Å². The first-order chi connectivity index (χ1) is 14.6. The molecule has 5 nitrogen and oxygen atoms in total. The second-order valence-corrected chi connectivity index (χ2v) is 7.94. The molecule has 0 fully saturated rings. The Hall–Kier alpha value is -3.38. The van der Waals surface area contributed by atoms with Crippen LogP contribution < -0.4 is 5.32 Å². The molecule has 1 N–H and O–H groups in total. The molecule has 1 amide bonds. The van der Waals surface area contributed by atoms with Gasteiger partial charge in [0.25, 0.3) is 0 Å². The van der Waals surface area contributed by atoms with Crippen molar-refractivity contribution in [2.45, 2.75) is 19.0 Å². The van der Waals surface area contributed by atoms with Crippen LogP contribution >= 0.6 is 11.8 Å². The summed E-state index contributed by atoms with van der Waals surface area (Å²) in [6, 6.07) is 25.9. The minimum absolute atomic E-state index is 0.0747. The molecule has 0 bridgehead atoms. The van der Waals surface area contributed by atoms with Crippen LogP contribution in [0.4, 0.5) is 5.69 Å². The lowest BCUT2D eigenvalue weighted by Gasteiger charge is -2.11. The van der Waals surface area contributed by atoms with Gasteiger partial charge in [-0.25, -0.2) is 0 Å². The van der Waals surface area contributed by atoms with Crippen LogP contribution in [0.2, 0.25) is 0 Å². The molecule has 30 heavy (non-hydrogen) atoms. The molecule has 0 spiro atoms. The number of carbonyl (C=O) groups is 1. The lowest BCUT2D eigenvalue weighted by atomic mass is 10.2. The summed E-state index contributed by atoms with van der Waals surface area (Å²) >= 11 is 1.37. The average molecular weight is 415 g/mol. The Morgan fingerprint density at radius 1 is 0.933 bits per heavy atom. The van der Waals surface area contributed by atoms with Crippen LogP contribution in [0.3, 0.4) is 0 Å². The molecule has 3 aromatic carbocycles. The number of anilines is 1.